The van der Waals surface area contributed by atoms with Crippen molar-refractivity contribution < 1.29 is 9.59 Å². The van der Waals surface area contributed by atoms with Crippen LogP contribution < -0.4 is 5.32 Å². The number of benzene rings is 1. The molecule has 29 heavy (non-hydrogen) atoms. The van der Waals surface area contributed by atoms with E-state index in [4.69, 9.17) is 0 Å². The first-order chi connectivity index (χ1) is 14.0. The molecule has 2 amide bonds. The Morgan fingerprint density at radius 3 is 2.72 bits per heavy atom. The van der Waals surface area contributed by atoms with Gasteiger partial charge in [-0.2, -0.15) is 0 Å². The summed E-state index contributed by atoms with van der Waals surface area (Å²) in [6.07, 6.45) is 5.66. The highest BCUT2D eigenvalue weighted by Gasteiger charge is 2.25. The van der Waals surface area contributed by atoms with E-state index in [-0.39, 0.29) is 18.4 Å². The molecule has 4 rings (SSSR count). The van der Waals surface area contributed by atoms with Gasteiger partial charge in [0.2, 0.25) is 5.91 Å². The fraction of sp³-hybridized carbons (Fsp3) is 0.348. The number of carbonyl (C=O) groups is 2. The van der Waals surface area contributed by atoms with Gasteiger partial charge in [0.05, 0.1) is 6.54 Å². The fourth-order valence-electron chi connectivity index (χ4n) is 4.01. The van der Waals surface area contributed by atoms with Gasteiger partial charge >= 0.3 is 0 Å². The van der Waals surface area contributed by atoms with Gasteiger partial charge in [-0.05, 0) is 73.6 Å². The van der Waals surface area contributed by atoms with Crippen LogP contribution in [-0.2, 0) is 4.79 Å². The third kappa shape index (κ3) is 4.01. The molecule has 1 fully saturated rings. The maximum absolute atomic E-state index is 12.6. The summed E-state index contributed by atoms with van der Waals surface area (Å²) in [6.45, 7) is 5.43. The van der Waals surface area contributed by atoms with E-state index >= 15 is 0 Å². The number of fused-ring (bicyclic) bond motifs is 1. The molecule has 3 aromatic rings. The molecule has 3 heterocycles. The molecule has 0 unspecified atom stereocenters. The van der Waals surface area contributed by atoms with Crippen LogP contribution in [0.5, 0.6) is 0 Å². The molecule has 6 heteroatoms. The second-order valence-electron chi connectivity index (χ2n) is 7.78. The summed E-state index contributed by atoms with van der Waals surface area (Å²) in [5.74, 6) is 0.186. The van der Waals surface area contributed by atoms with Crippen LogP contribution in [0.4, 0.5) is 0 Å². The van der Waals surface area contributed by atoms with Crippen LogP contribution in [0.2, 0.25) is 0 Å². The monoisotopic (exact) mass is 390 g/mol. The lowest BCUT2D eigenvalue weighted by Gasteiger charge is -2.32. The number of rotatable bonds is 4. The number of piperidine rings is 1. The second-order valence-corrected chi connectivity index (χ2v) is 7.78. The predicted octanol–water partition coefficient (Wildman–Crippen LogP) is 3.32. The van der Waals surface area contributed by atoms with Gasteiger partial charge in [0.15, 0.2) is 0 Å². The van der Waals surface area contributed by atoms with Crippen LogP contribution in [0, 0.1) is 13.8 Å². The molecule has 1 saturated heterocycles. The van der Waals surface area contributed by atoms with Crippen molar-refractivity contribution in [3.8, 4) is 0 Å². The minimum Gasteiger partial charge on any atom is -0.346 e. The smallest absolute Gasteiger partial charge is 0.251 e. The first kappa shape index (κ1) is 19.2. The van der Waals surface area contributed by atoms with E-state index in [0.29, 0.717) is 24.6 Å². The van der Waals surface area contributed by atoms with Gasteiger partial charge in [-0.25, -0.2) is 4.98 Å². The number of pyridine rings is 1. The van der Waals surface area contributed by atoms with Gasteiger partial charge < -0.3 is 15.2 Å². The van der Waals surface area contributed by atoms with E-state index in [1.54, 1.807) is 12.3 Å². The molecule has 0 atom stereocenters. The van der Waals surface area contributed by atoms with Crippen molar-refractivity contribution in [3.63, 3.8) is 0 Å². The van der Waals surface area contributed by atoms with E-state index in [9.17, 15) is 9.59 Å². The van der Waals surface area contributed by atoms with Crippen molar-refractivity contribution in [3.05, 3.63) is 65.0 Å². The predicted molar refractivity (Wildman–Crippen MR) is 113 cm³/mol. The molecule has 0 radical (unpaired) electrons. The highest BCUT2D eigenvalue weighted by molar-refractivity contribution is 5.96. The molecule has 0 bridgehead atoms. The Bertz CT molecular complexity index is 1050. The van der Waals surface area contributed by atoms with E-state index in [0.717, 1.165) is 35.0 Å². The van der Waals surface area contributed by atoms with Crippen molar-refractivity contribution in [2.24, 2.45) is 0 Å². The van der Waals surface area contributed by atoms with Crippen LogP contribution in [0.15, 0.2) is 42.7 Å². The number of aromatic amines is 1. The van der Waals surface area contributed by atoms with Gasteiger partial charge in [0, 0.05) is 36.4 Å². The normalized spacial score (nSPS) is 14.9. The third-order valence-electron chi connectivity index (χ3n) is 5.94. The lowest BCUT2D eigenvalue weighted by atomic mass is 9.89. The van der Waals surface area contributed by atoms with Gasteiger partial charge in [-0.15, -0.1) is 0 Å². The summed E-state index contributed by atoms with van der Waals surface area (Å²) in [7, 11) is 0. The summed E-state index contributed by atoms with van der Waals surface area (Å²) in [5, 5.41) is 3.93. The molecule has 0 spiro atoms. The SMILES string of the molecule is Cc1ccc(C(=O)NCC(=O)N2CCC(c3c[nH]c4ncccc34)CC2)cc1C. The average molecular weight is 390 g/mol. The summed E-state index contributed by atoms with van der Waals surface area (Å²) >= 11 is 0. The molecular formula is C23H26N4O2. The third-order valence-corrected chi connectivity index (χ3v) is 5.94. The van der Waals surface area contributed by atoms with E-state index < -0.39 is 0 Å². The van der Waals surface area contributed by atoms with Gasteiger partial charge in [-0.1, -0.05) is 6.07 Å². The molecule has 6 nitrogen and oxygen atoms in total. The van der Waals surface area contributed by atoms with Crippen LogP contribution in [0.1, 0.15) is 45.8 Å². The van der Waals surface area contributed by atoms with Gasteiger partial charge in [-0.3, -0.25) is 9.59 Å². The largest absolute Gasteiger partial charge is 0.346 e. The van der Waals surface area contributed by atoms with E-state index in [1.165, 1.54) is 5.56 Å². The Labute approximate surface area is 170 Å². The number of aromatic nitrogens is 2. The Morgan fingerprint density at radius 1 is 1.17 bits per heavy atom. The highest BCUT2D eigenvalue weighted by Crippen LogP contribution is 2.32. The number of amides is 2. The van der Waals surface area contributed by atoms with Crippen LogP contribution in [0.3, 0.4) is 0 Å². The number of carbonyl (C=O) groups excluding carboxylic acids is 2. The van der Waals surface area contributed by atoms with Crippen molar-refractivity contribution in [1.82, 2.24) is 20.2 Å². The summed E-state index contributed by atoms with van der Waals surface area (Å²) in [4.78, 5) is 34.3. The number of nitrogens with zero attached hydrogens (tertiary/aromatic N) is 2. The molecule has 1 aliphatic heterocycles. The topological polar surface area (TPSA) is 78.1 Å². The van der Waals surface area contributed by atoms with E-state index in [2.05, 4.69) is 21.4 Å². The maximum Gasteiger partial charge on any atom is 0.251 e. The minimum atomic E-state index is -0.206. The van der Waals surface area contributed by atoms with Crippen LogP contribution in [0.25, 0.3) is 11.0 Å². The molecular weight excluding hydrogens is 364 g/mol. The van der Waals surface area contributed by atoms with Crippen molar-refractivity contribution in [2.45, 2.75) is 32.6 Å². The zero-order valence-corrected chi connectivity index (χ0v) is 16.9. The summed E-state index contributed by atoms with van der Waals surface area (Å²) in [5.41, 5.74) is 5.00. The quantitative estimate of drug-likeness (QED) is 0.717. The number of H-pyrrole nitrogens is 1. The standard InChI is InChI=1S/C23H26N4O2/c1-15-5-6-18(12-16(15)2)23(29)26-14-21(28)27-10-7-17(8-11-27)20-13-25-22-19(20)4-3-9-24-22/h3-6,9,12-13,17H,7-8,10-11,14H2,1-2H3,(H,24,25)(H,26,29). The number of likely N-dealkylation sites (tertiary alicyclic amines) is 1. The number of nitrogens with one attached hydrogen (secondary N) is 2. The van der Waals surface area contributed by atoms with Crippen LogP contribution >= 0.6 is 0 Å². The lowest BCUT2D eigenvalue weighted by molar-refractivity contribution is -0.131. The minimum absolute atomic E-state index is 0.0266. The molecule has 150 valence electrons. The first-order valence-corrected chi connectivity index (χ1v) is 10.1. The van der Waals surface area contributed by atoms with Crippen molar-refractivity contribution in [1.29, 1.82) is 0 Å². The Hall–Kier alpha value is -3.15. The number of hydrogen-bond acceptors (Lipinski definition) is 3. The molecule has 1 aromatic carbocycles. The summed E-state index contributed by atoms with van der Waals surface area (Å²) < 4.78 is 0. The second kappa shape index (κ2) is 8.07. The zero-order chi connectivity index (χ0) is 20.4. The Morgan fingerprint density at radius 2 is 1.97 bits per heavy atom. The fourth-order valence-corrected chi connectivity index (χ4v) is 4.01. The lowest BCUT2D eigenvalue weighted by Crippen LogP contribution is -2.43. The Kier molecular flexibility index (Phi) is 5.34. The van der Waals surface area contributed by atoms with Gasteiger partial charge in [0.1, 0.15) is 5.65 Å². The van der Waals surface area contributed by atoms with Crippen LogP contribution in [-0.4, -0.2) is 46.3 Å². The van der Waals surface area contributed by atoms with Crippen molar-refractivity contribution in [2.75, 3.05) is 19.6 Å². The molecule has 2 aromatic heterocycles. The Balaban J connectivity index is 1.31. The first-order valence-electron chi connectivity index (χ1n) is 10.1. The molecule has 0 aliphatic carbocycles. The number of aryl methyl sites for hydroxylation is 2. The highest BCUT2D eigenvalue weighted by atomic mass is 16.2. The summed E-state index contributed by atoms with van der Waals surface area (Å²) in [6, 6.07) is 9.63. The van der Waals surface area contributed by atoms with Gasteiger partial charge in [0.25, 0.3) is 5.91 Å². The maximum atomic E-state index is 12.6. The van der Waals surface area contributed by atoms with E-state index in [1.807, 2.05) is 43.1 Å². The molecule has 2 N–H and O–H groups in total. The molecule has 0 saturated carbocycles. The number of hydrogen-bond donors (Lipinski definition) is 2. The zero-order valence-electron chi connectivity index (χ0n) is 16.9. The average Bonchev–Trinajstić information content (AvgIpc) is 3.18. The van der Waals surface area contributed by atoms with Crippen molar-refractivity contribution >= 4 is 22.8 Å². The molecule has 1 aliphatic rings.